The van der Waals surface area contributed by atoms with E-state index >= 15 is 0 Å². The van der Waals surface area contributed by atoms with Crippen molar-refractivity contribution in [2.45, 2.75) is 51.7 Å². The van der Waals surface area contributed by atoms with Gasteiger partial charge in [0.15, 0.2) is 5.82 Å². The summed E-state index contributed by atoms with van der Waals surface area (Å²) in [6.45, 7) is 4.51. The van der Waals surface area contributed by atoms with Gasteiger partial charge in [-0.05, 0) is 18.8 Å². The van der Waals surface area contributed by atoms with Crippen LogP contribution in [0.1, 0.15) is 45.6 Å². The van der Waals surface area contributed by atoms with Gasteiger partial charge in [0.25, 0.3) is 5.56 Å². The van der Waals surface area contributed by atoms with E-state index in [1.54, 1.807) is 17.0 Å². The number of aliphatic hydroxyl groups excluding tert-OH is 1. The number of hydrogen-bond donors (Lipinski definition) is 2. The highest BCUT2D eigenvalue weighted by Gasteiger charge is 2.25. The number of aliphatic hydroxyl groups is 1. The topological polar surface area (TPSA) is 67.2 Å². The zero-order valence-electron chi connectivity index (χ0n) is 11.7. The van der Waals surface area contributed by atoms with Crippen molar-refractivity contribution in [3.8, 4) is 0 Å². The fourth-order valence-corrected chi connectivity index (χ4v) is 2.39. The smallest absolute Gasteiger partial charge is 0.293 e. The predicted octanol–water partition coefficient (Wildman–Crippen LogP) is 1.79. The number of aromatic nitrogens is 2. The molecule has 19 heavy (non-hydrogen) atoms. The Bertz CT molecular complexity index is 464. The Morgan fingerprint density at radius 3 is 2.74 bits per heavy atom. The minimum Gasteiger partial charge on any atom is -0.391 e. The van der Waals surface area contributed by atoms with Crippen LogP contribution in [0.2, 0.25) is 0 Å². The number of nitrogens with zero attached hydrogens (tertiary/aromatic N) is 2. The maximum absolute atomic E-state index is 12.1. The van der Waals surface area contributed by atoms with E-state index < -0.39 is 6.10 Å². The molecule has 1 atom stereocenters. The molecule has 2 rings (SSSR count). The molecule has 1 heterocycles. The number of anilines is 1. The number of hydrogen-bond acceptors (Lipinski definition) is 4. The number of nitrogens with one attached hydrogen (secondary N) is 1. The van der Waals surface area contributed by atoms with Gasteiger partial charge in [-0.15, -0.1) is 0 Å². The molecule has 1 aromatic heterocycles. The lowest BCUT2D eigenvalue weighted by Gasteiger charge is -2.20. The SMILES string of the molecule is CCC(CC)C(O)CNc1nccn(C2CC2)c1=O. The minimum absolute atomic E-state index is 0.0817. The Kier molecular flexibility index (Phi) is 4.58. The largest absolute Gasteiger partial charge is 0.391 e. The van der Waals surface area contributed by atoms with Crippen molar-refractivity contribution in [2.24, 2.45) is 5.92 Å². The van der Waals surface area contributed by atoms with E-state index in [-0.39, 0.29) is 11.5 Å². The van der Waals surface area contributed by atoms with Crippen LogP contribution in [0.25, 0.3) is 0 Å². The van der Waals surface area contributed by atoms with Crippen LogP contribution in [0.5, 0.6) is 0 Å². The lowest BCUT2D eigenvalue weighted by atomic mass is 9.97. The van der Waals surface area contributed by atoms with Crippen molar-refractivity contribution < 1.29 is 5.11 Å². The molecule has 1 fully saturated rings. The fraction of sp³-hybridized carbons (Fsp3) is 0.714. The lowest BCUT2D eigenvalue weighted by Crippen LogP contribution is -2.31. The van der Waals surface area contributed by atoms with E-state index in [9.17, 15) is 9.90 Å². The molecule has 0 aliphatic heterocycles. The average molecular weight is 265 g/mol. The second-order valence-corrected chi connectivity index (χ2v) is 5.24. The van der Waals surface area contributed by atoms with Crippen molar-refractivity contribution >= 4 is 5.82 Å². The molecule has 5 nitrogen and oxygen atoms in total. The highest BCUT2D eigenvalue weighted by Crippen LogP contribution is 2.33. The summed E-state index contributed by atoms with van der Waals surface area (Å²) in [5, 5.41) is 13.0. The summed E-state index contributed by atoms with van der Waals surface area (Å²) in [7, 11) is 0. The van der Waals surface area contributed by atoms with Gasteiger partial charge in [0, 0.05) is 25.0 Å². The predicted molar refractivity (Wildman–Crippen MR) is 75.3 cm³/mol. The molecule has 5 heteroatoms. The van der Waals surface area contributed by atoms with Crippen molar-refractivity contribution in [1.82, 2.24) is 9.55 Å². The van der Waals surface area contributed by atoms with E-state index in [4.69, 9.17) is 0 Å². The van der Waals surface area contributed by atoms with Crippen LogP contribution >= 0.6 is 0 Å². The van der Waals surface area contributed by atoms with Crippen molar-refractivity contribution in [2.75, 3.05) is 11.9 Å². The molecular weight excluding hydrogens is 242 g/mol. The molecule has 1 aliphatic rings. The molecular formula is C14H23N3O2. The molecule has 1 aromatic rings. The Balaban J connectivity index is 1.99. The van der Waals surface area contributed by atoms with Crippen LogP contribution in [-0.2, 0) is 0 Å². The molecule has 1 aliphatic carbocycles. The van der Waals surface area contributed by atoms with Crippen LogP contribution in [0.3, 0.4) is 0 Å². The van der Waals surface area contributed by atoms with Crippen LogP contribution in [0.15, 0.2) is 17.2 Å². The lowest BCUT2D eigenvalue weighted by molar-refractivity contribution is 0.114. The Morgan fingerprint density at radius 2 is 2.16 bits per heavy atom. The Morgan fingerprint density at radius 1 is 1.47 bits per heavy atom. The van der Waals surface area contributed by atoms with Gasteiger partial charge in [-0.2, -0.15) is 0 Å². The summed E-state index contributed by atoms with van der Waals surface area (Å²) in [5.74, 6) is 0.612. The van der Waals surface area contributed by atoms with E-state index in [0.717, 1.165) is 25.7 Å². The summed E-state index contributed by atoms with van der Waals surface area (Å²) < 4.78 is 1.73. The standard InChI is InChI=1S/C14H23N3O2/c1-3-10(4-2)12(18)9-16-13-14(19)17(8-7-15-13)11-5-6-11/h7-8,10-12,18H,3-6,9H2,1-2H3,(H,15,16). The molecule has 106 valence electrons. The van der Waals surface area contributed by atoms with Gasteiger partial charge in [0.05, 0.1) is 6.10 Å². The summed E-state index contributed by atoms with van der Waals surface area (Å²) in [4.78, 5) is 16.2. The molecule has 1 unspecified atom stereocenters. The normalized spacial score (nSPS) is 16.6. The van der Waals surface area contributed by atoms with E-state index in [1.807, 2.05) is 0 Å². The van der Waals surface area contributed by atoms with E-state index in [2.05, 4.69) is 24.1 Å². The molecule has 0 bridgehead atoms. The first-order valence-electron chi connectivity index (χ1n) is 7.16. The van der Waals surface area contributed by atoms with Gasteiger partial charge in [-0.25, -0.2) is 4.98 Å². The second-order valence-electron chi connectivity index (χ2n) is 5.24. The summed E-state index contributed by atoms with van der Waals surface area (Å²) in [6, 6.07) is 0.347. The van der Waals surface area contributed by atoms with Crippen LogP contribution in [0, 0.1) is 5.92 Å². The maximum atomic E-state index is 12.1. The van der Waals surface area contributed by atoms with Crippen molar-refractivity contribution in [3.63, 3.8) is 0 Å². The second kappa shape index (κ2) is 6.19. The average Bonchev–Trinajstić information content (AvgIpc) is 3.23. The summed E-state index contributed by atoms with van der Waals surface area (Å²) in [5.41, 5.74) is -0.0817. The van der Waals surface area contributed by atoms with Crippen LogP contribution < -0.4 is 10.9 Å². The monoisotopic (exact) mass is 265 g/mol. The maximum Gasteiger partial charge on any atom is 0.293 e. The van der Waals surface area contributed by atoms with Crippen LogP contribution in [0.4, 0.5) is 5.82 Å². The van der Waals surface area contributed by atoms with E-state index in [1.165, 1.54) is 0 Å². The summed E-state index contributed by atoms with van der Waals surface area (Å²) in [6.07, 6.45) is 6.96. The highest BCUT2D eigenvalue weighted by atomic mass is 16.3. The molecule has 0 aromatic carbocycles. The minimum atomic E-state index is -0.439. The third-order valence-corrected chi connectivity index (χ3v) is 3.88. The van der Waals surface area contributed by atoms with Gasteiger partial charge >= 0.3 is 0 Å². The van der Waals surface area contributed by atoms with E-state index in [0.29, 0.717) is 18.4 Å². The third kappa shape index (κ3) is 3.35. The van der Waals surface area contributed by atoms with Gasteiger partial charge in [-0.1, -0.05) is 26.7 Å². The summed E-state index contributed by atoms with van der Waals surface area (Å²) >= 11 is 0. The molecule has 0 amide bonds. The molecule has 2 N–H and O–H groups in total. The third-order valence-electron chi connectivity index (χ3n) is 3.88. The molecule has 1 saturated carbocycles. The van der Waals surface area contributed by atoms with Gasteiger partial charge < -0.3 is 15.0 Å². The molecule has 0 spiro atoms. The zero-order valence-corrected chi connectivity index (χ0v) is 11.7. The Labute approximate surface area is 113 Å². The van der Waals surface area contributed by atoms with Gasteiger partial charge in [0.1, 0.15) is 0 Å². The number of rotatable bonds is 7. The first-order valence-corrected chi connectivity index (χ1v) is 7.16. The fourth-order valence-electron chi connectivity index (χ4n) is 2.39. The van der Waals surface area contributed by atoms with Crippen LogP contribution in [-0.4, -0.2) is 27.3 Å². The van der Waals surface area contributed by atoms with Gasteiger partial charge in [0.2, 0.25) is 0 Å². The first-order chi connectivity index (χ1) is 9.17. The van der Waals surface area contributed by atoms with Crippen molar-refractivity contribution in [3.05, 3.63) is 22.7 Å². The Hall–Kier alpha value is -1.36. The highest BCUT2D eigenvalue weighted by molar-refractivity contribution is 5.31. The van der Waals surface area contributed by atoms with Gasteiger partial charge in [-0.3, -0.25) is 4.79 Å². The quantitative estimate of drug-likeness (QED) is 0.788. The first kappa shape index (κ1) is 14.1. The van der Waals surface area contributed by atoms with Crippen molar-refractivity contribution in [1.29, 1.82) is 0 Å². The molecule has 0 saturated heterocycles. The zero-order chi connectivity index (χ0) is 13.8. The molecule has 0 radical (unpaired) electrons.